The van der Waals surface area contributed by atoms with Crippen molar-refractivity contribution < 1.29 is 9.90 Å². The van der Waals surface area contributed by atoms with Crippen LogP contribution >= 0.6 is 0 Å². The molecular formula is C4H7O2S-. The standard InChI is InChI=1S/C4H8O2S/c5-3-1-2-4(6)7/h5H,1-3H2,(H,6,7)/p-1. The van der Waals surface area contributed by atoms with Crippen molar-refractivity contribution in [3.05, 3.63) is 0 Å². The van der Waals surface area contributed by atoms with Gasteiger partial charge in [0.15, 0.2) is 0 Å². The molecule has 0 aromatic heterocycles. The predicted octanol–water partition coefficient (Wildman–Crippen LogP) is -0.168. The first-order chi connectivity index (χ1) is 3.27. The van der Waals surface area contributed by atoms with E-state index in [-0.39, 0.29) is 11.7 Å². The summed E-state index contributed by atoms with van der Waals surface area (Å²) in [5.41, 5.74) is 0. The Morgan fingerprint density at radius 1 is 1.71 bits per heavy atom. The molecule has 7 heavy (non-hydrogen) atoms. The van der Waals surface area contributed by atoms with E-state index >= 15 is 0 Å². The summed E-state index contributed by atoms with van der Waals surface area (Å²) >= 11 is 4.19. The third-order valence-electron chi connectivity index (χ3n) is 0.539. The molecule has 0 atom stereocenters. The second-order valence-corrected chi connectivity index (χ2v) is 1.65. The summed E-state index contributed by atoms with van der Waals surface area (Å²) in [6.07, 6.45) is 0.828. The van der Waals surface area contributed by atoms with E-state index in [1.165, 1.54) is 0 Å². The SMILES string of the molecule is O=C([S-])CCCO. The lowest BCUT2D eigenvalue weighted by Gasteiger charge is -1.97. The van der Waals surface area contributed by atoms with E-state index < -0.39 is 0 Å². The Labute approximate surface area is 47.9 Å². The molecule has 0 radical (unpaired) electrons. The van der Waals surface area contributed by atoms with Crippen LogP contribution in [0.3, 0.4) is 0 Å². The topological polar surface area (TPSA) is 37.3 Å². The average Bonchev–Trinajstić information content (AvgIpc) is 1.61. The molecule has 0 unspecified atom stereocenters. The average molecular weight is 119 g/mol. The number of rotatable bonds is 3. The molecule has 2 nitrogen and oxygen atoms in total. The van der Waals surface area contributed by atoms with Crippen LogP contribution in [0.4, 0.5) is 0 Å². The molecule has 0 aliphatic carbocycles. The minimum Gasteiger partial charge on any atom is -0.742 e. The smallest absolute Gasteiger partial charge is 0.0434 e. The van der Waals surface area contributed by atoms with Crippen LogP contribution in [0.1, 0.15) is 12.8 Å². The first-order valence-corrected chi connectivity index (χ1v) is 2.49. The molecule has 0 saturated heterocycles. The van der Waals surface area contributed by atoms with Crippen molar-refractivity contribution in [3.8, 4) is 0 Å². The lowest BCUT2D eigenvalue weighted by molar-refractivity contribution is -0.111. The van der Waals surface area contributed by atoms with Crippen molar-refractivity contribution in [1.29, 1.82) is 0 Å². The number of aliphatic hydroxyl groups is 1. The summed E-state index contributed by atoms with van der Waals surface area (Å²) in [7, 11) is 0. The van der Waals surface area contributed by atoms with Crippen LogP contribution in [0.25, 0.3) is 0 Å². The minimum absolute atomic E-state index is 0.0579. The summed E-state index contributed by atoms with van der Waals surface area (Å²) < 4.78 is 0. The van der Waals surface area contributed by atoms with Crippen molar-refractivity contribution in [3.63, 3.8) is 0 Å². The van der Waals surface area contributed by atoms with E-state index in [1.54, 1.807) is 0 Å². The van der Waals surface area contributed by atoms with Crippen LogP contribution < -0.4 is 0 Å². The number of carbonyl (C=O) groups is 1. The monoisotopic (exact) mass is 119 g/mol. The van der Waals surface area contributed by atoms with E-state index in [2.05, 4.69) is 12.6 Å². The van der Waals surface area contributed by atoms with Gasteiger partial charge in [-0.1, -0.05) is 0 Å². The van der Waals surface area contributed by atoms with Crippen molar-refractivity contribution >= 4 is 17.7 Å². The van der Waals surface area contributed by atoms with Gasteiger partial charge in [0.2, 0.25) is 0 Å². The van der Waals surface area contributed by atoms with Gasteiger partial charge in [-0.25, -0.2) is 0 Å². The zero-order chi connectivity index (χ0) is 5.70. The summed E-state index contributed by atoms with van der Waals surface area (Å²) in [4.78, 5) is 9.91. The van der Waals surface area contributed by atoms with Crippen LogP contribution in [0.2, 0.25) is 0 Å². The molecule has 0 saturated carbocycles. The van der Waals surface area contributed by atoms with Crippen LogP contribution in [0.5, 0.6) is 0 Å². The first-order valence-electron chi connectivity index (χ1n) is 2.08. The molecule has 3 heteroatoms. The lowest BCUT2D eigenvalue weighted by Crippen LogP contribution is -1.92. The molecule has 0 fully saturated rings. The van der Waals surface area contributed by atoms with Crippen LogP contribution in [-0.2, 0) is 17.4 Å². The van der Waals surface area contributed by atoms with Gasteiger partial charge in [-0.15, -0.1) is 0 Å². The van der Waals surface area contributed by atoms with Crippen molar-refractivity contribution in [1.82, 2.24) is 0 Å². The Bertz CT molecular complexity index is 62.7. The molecule has 1 N–H and O–H groups in total. The van der Waals surface area contributed by atoms with E-state index in [1.807, 2.05) is 0 Å². The highest BCUT2D eigenvalue weighted by molar-refractivity contribution is 7.77. The van der Waals surface area contributed by atoms with Crippen LogP contribution in [0.15, 0.2) is 0 Å². The van der Waals surface area contributed by atoms with Gasteiger partial charge in [0, 0.05) is 11.7 Å². The maximum Gasteiger partial charge on any atom is 0.0434 e. The molecule has 0 aromatic rings. The summed E-state index contributed by atoms with van der Waals surface area (Å²) in [6, 6.07) is 0. The molecule has 42 valence electrons. The van der Waals surface area contributed by atoms with Crippen molar-refractivity contribution in [2.75, 3.05) is 6.61 Å². The molecule has 0 aliphatic heterocycles. The third-order valence-corrected chi connectivity index (χ3v) is 0.743. The molecule has 0 aliphatic rings. The highest BCUT2D eigenvalue weighted by Gasteiger charge is 1.80. The van der Waals surface area contributed by atoms with Crippen LogP contribution in [-0.4, -0.2) is 16.8 Å². The fourth-order valence-corrected chi connectivity index (χ4v) is 0.368. The zero-order valence-corrected chi connectivity index (χ0v) is 4.70. The van der Waals surface area contributed by atoms with Gasteiger partial charge in [-0.05, 0) is 12.8 Å². The van der Waals surface area contributed by atoms with Gasteiger partial charge in [0.25, 0.3) is 0 Å². The van der Waals surface area contributed by atoms with Gasteiger partial charge >= 0.3 is 0 Å². The Balaban J connectivity index is 2.82. The molecule has 0 rings (SSSR count). The Morgan fingerprint density at radius 3 is 2.43 bits per heavy atom. The zero-order valence-electron chi connectivity index (χ0n) is 3.89. The van der Waals surface area contributed by atoms with E-state index in [0.717, 1.165) is 0 Å². The number of hydrogen-bond donors (Lipinski definition) is 1. The number of carbonyl (C=O) groups excluding carboxylic acids is 1. The Morgan fingerprint density at radius 2 is 2.29 bits per heavy atom. The van der Waals surface area contributed by atoms with E-state index in [9.17, 15) is 4.79 Å². The summed E-state index contributed by atoms with van der Waals surface area (Å²) in [5.74, 6) is 0. The third kappa shape index (κ3) is 5.85. The number of hydrogen-bond acceptors (Lipinski definition) is 3. The van der Waals surface area contributed by atoms with Gasteiger partial charge < -0.3 is 22.5 Å². The van der Waals surface area contributed by atoms with Gasteiger partial charge in [-0.2, -0.15) is 0 Å². The molecule has 0 aromatic carbocycles. The lowest BCUT2D eigenvalue weighted by atomic mass is 10.3. The van der Waals surface area contributed by atoms with E-state index in [4.69, 9.17) is 5.11 Å². The van der Waals surface area contributed by atoms with Crippen LogP contribution in [0, 0.1) is 0 Å². The molecule has 0 spiro atoms. The normalized spacial score (nSPS) is 8.71. The number of aliphatic hydroxyl groups excluding tert-OH is 1. The van der Waals surface area contributed by atoms with Gasteiger partial charge in [0.05, 0.1) is 0 Å². The fourth-order valence-electron chi connectivity index (χ4n) is 0.223. The second-order valence-electron chi connectivity index (χ2n) is 1.20. The predicted molar refractivity (Wildman–Crippen MR) is 28.7 cm³/mol. The van der Waals surface area contributed by atoms with Crippen molar-refractivity contribution in [2.45, 2.75) is 12.8 Å². The summed E-state index contributed by atoms with van der Waals surface area (Å²) in [5, 5.41) is 7.85. The largest absolute Gasteiger partial charge is 0.742 e. The fraction of sp³-hybridized carbons (Fsp3) is 0.750. The maximum absolute atomic E-state index is 9.91. The van der Waals surface area contributed by atoms with Gasteiger partial charge in [0.1, 0.15) is 0 Å². The second kappa shape index (κ2) is 4.02. The first kappa shape index (κ1) is 6.85. The quantitative estimate of drug-likeness (QED) is 0.524. The maximum atomic E-state index is 9.91. The highest BCUT2D eigenvalue weighted by atomic mass is 32.1. The Hall–Kier alpha value is -0.150. The highest BCUT2D eigenvalue weighted by Crippen LogP contribution is 1.84. The Kier molecular flexibility index (Phi) is 3.93. The molecule has 0 bridgehead atoms. The van der Waals surface area contributed by atoms with E-state index in [0.29, 0.717) is 12.8 Å². The molecular weight excluding hydrogens is 112 g/mol. The van der Waals surface area contributed by atoms with Gasteiger partial charge in [-0.3, -0.25) is 0 Å². The summed E-state index contributed by atoms with van der Waals surface area (Å²) in [6.45, 7) is 0.0579. The molecule has 0 amide bonds. The minimum atomic E-state index is -0.269. The molecule has 0 heterocycles. The van der Waals surface area contributed by atoms with Crippen molar-refractivity contribution in [2.24, 2.45) is 0 Å².